The van der Waals surface area contributed by atoms with Crippen LogP contribution in [0.2, 0.25) is 0 Å². The Balaban J connectivity index is 2.96. The highest BCUT2D eigenvalue weighted by Gasteiger charge is 1.96. The van der Waals surface area contributed by atoms with E-state index >= 15 is 0 Å². The number of para-hydroxylation sites is 1. The summed E-state index contributed by atoms with van der Waals surface area (Å²) in [5.74, 6) is 4.10. The van der Waals surface area contributed by atoms with Crippen molar-refractivity contribution in [1.29, 1.82) is 0 Å². The molecule has 0 aliphatic rings. The van der Waals surface area contributed by atoms with Crippen LogP contribution in [0.1, 0.15) is 12.0 Å². The molecule has 0 spiro atoms. The molecule has 0 heterocycles. The highest BCUT2D eigenvalue weighted by atomic mass is 16.4. The summed E-state index contributed by atoms with van der Waals surface area (Å²) in [5.41, 5.74) is 0.910. The summed E-state index contributed by atoms with van der Waals surface area (Å²) in [4.78, 5) is 23.7. The maximum atomic E-state index is 10.2. The summed E-state index contributed by atoms with van der Waals surface area (Å²) >= 11 is 0. The Morgan fingerprint density at radius 2 is 2.13 bits per heavy atom. The van der Waals surface area contributed by atoms with E-state index < -0.39 is 5.97 Å². The van der Waals surface area contributed by atoms with Gasteiger partial charge in [-0.2, -0.15) is 4.99 Å². The van der Waals surface area contributed by atoms with Gasteiger partial charge in [-0.15, -0.1) is 0 Å². The summed E-state index contributed by atoms with van der Waals surface area (Å²) < 4.78 is 0. The Morgan fingerprint density at radius 3 is 2.80 bits per heavy atom. The van der Waals surface area contributed by atoms with Gasteiger partial charge in [0.15, 0.2) is 0 Å². The molecule has 1 N–H and O–H groups in total. The van der Waals surface area contributed by atoms with Crippen LogP contribution in [0.15, 0.2) is 29.3 Å². The number of carbonyl (C=O) groups is 1. The van der Waals surface area contributed by atoms with Crippen LogP contribution in [0, 0.1) is 11.8 Å². The lowest BCUT2D eigenvalue weighted by atomic mass is 10.2. The fourth-order valence-corrected chi connectivity index (χ4v) is 0.941. The zero-order chi connectivity index (χ0) is 11.1. The number of nitrogens with zero attached hydrogens (tertiary/aromatic N) is 1. The first kappa shape index (κ1) is 10.7. The standard InChI is InChI=1S/C11H7NO3/c13-8-12-10-6-2-1-4-9(10)5-3-7-11(14)15/h1-2,4,6H,7H2,(H,14,15). The molecule has 4 heteroatoms. The van der Waals surface area contributed by atoms with E-state index in [-0.39, 0.29) is 6.42 Å². The number of aliphatic carboxylic acids is 1. The Hall–Kier alpha value is -2.37. The van der Waals surface area contributed by atoms with Crippen molar-refractivity contribution in [3.8, 4) is 11.8 Å². The second-order valence-electron chi connectivity index (χ2n) is 2.59. The fraction of sp³-hybridized carbons (Fsp3) is 0.0909. The highest BCUT2D eigenvalue weighted by Crippen LogP contribution is 2.16. The molecular formula is C11H7NO3. The van der Waals surface area contributed by atoms with Gasteiger partial charge in [0.25, 0.3) is 0 Å². The van der Waals surface area contributed by atoms with E-state index in [0.717, 1.165) is 0 Å². The first-order chi connectivity index (χ1) is 7.24. The van der Waals surface area contributed by atoms with Crippen LogP contribution in [0.4, 0.5) is 5.69 Å². The number of rotatable bonds is 2. The summed E-state index contributed by atoms with van der Waals surface area (Å²) in [5, 5.41) is 8.38. The fourth-order valence-electron chi connectivity index (χ4n) is 0.941. The van der Waals surface area contributed by atoms with E-state index in [9.17, 15) is 9.59 Å². The molecule has 74 valence electrons. The van der Waals surface area contributed by atoms with Gasteiger partial charge in [0.1, 0.15) is 6.42 Å². The van der Waals surface area contributed by atoms with Gasteiger partial charge in [0.2, 0.25) is 6.08 Å². The number of benzene rings is 1. The van der Waals surface area contributed by atoms with Crippen LogP contribution in [-0.4, -0.2) is 17.2 Å². The van der Waals surface area contributed by atoms with E-state index in [0.29, 0.717) is 11.3 Å². The lowest BCUT2D eigenvalue weighted by Crippen LogP contribution is -1.90. The van der Waals surface area contributed by atoms with Crippen LogP contribution in [0.5, 0.6) is 0 Å². The molecule has 0 fully saturated rings. The molecule has 0 unspecified atom stereocenters. The molecule has 1 rings (SSSR count). The quantitative estimate of drug-likeness (QED) is 0.447. The number of aliphatic imine (C=N–C) groups is 1. The molecule has 0 saturated heterocycles. The van der Waals surface area contributed by atoms with Gasteiger partial charge >= 0.3 is 5.97 Å². The van der Waals surface area contributed by atoms with Crippen molar-refractivity contribution in [2.75, 3.05) is 0 Å². The number of carbonyl (C=O) groups excluding carboxylic acids is 1. The van der Waals surface area contributed by atoms with Crippen LogP contribution in [0.3, 0.4) is 0 Å². The monoisotopic (exact) mass is 201 g/mol. The van der Waals surface area contributed by atoms with Gasteiger partial charge in [-0.05, 0) is 12.1 Å². The minimum absolute atomic E-state index is 0.237. The maximum absolute atomic E-state index is 10.2. The average Bonchev–Trinajstić information content (AvgIpc) is 2.20. The number of carboxylic acids is 1. The van der Waals surface area contributed by atoms with Crippen molar-refractivity contribution in [3.63, 3.8) is 0 Å². The third-order valence-electron chi connectivity index (χ3n) is 1.53. The molecule has 0 aliphatic carbocycles. The lowest BCUT2D eigenvalue weighted by molar-refractivity contribution is -0.135. The first-order valence-corrected chi connectivity index (χ1v) is 4.11. The van der Waals surface area contributed by atoms with E-state index in [4.69, 9.17) is 5.11 Å². The lowest BCUT2D eigenvalue weighted by Gasteiger charge is -1.93. The van der Waals surface area contributed by atoms with Crippen LogP contribution in [0.25, 0.3) is 0 Å². The van der Waals surface area contributed by atoms with E-state index in [1.165, 1.54) is 6.08 Å². The molecule has 0 atom stereocenters. The van der Waals surface area contributed by atoms with Gasteiger partial charge in [-0.25, -0.2) is 4.79 Å². The smallest absolute Gasteiger partial charge is 0.315 e. The molecule has 0 aromatic heterocycles. The molecule has 1 aromatic rings. The molecule has 0 bridgehead atoms. The largest absolute Gasteiger partial charge is 0.481 e. The van der Waals surface area contributed by atoms with Gasteiger partial charge in [-0.1, -0.05) is 24.0 Å². The molecule has 0 saturated carbocycles. The molecular weight excluding hydrogens is 194 g/mol. The molecule has 0 aliphatic heterocycles. The second kappa shape index (κ2) is 5.38. The molecule has 4 nitrogen and oxygen atoms in total. The zero-order valence-electron chi connectivity index (χ0n) is 7.73. The minimum atomic E-state index is -0.987. The van der Waals surface area contributed by atoms with E-state index in [2.05, 4.69) is 16.8 Å². The van der Waals surface area contributed by atoms with Crippen molar-refractivity contribution >= 4 is 17.7 Å². The number of carboxylic acid groups (broad SMARTS) is 1. The second-order valence-corrected chi connectivity index (χ2v) is 2.59. The number of hydrogen-bond donors (Lipinski definition) is 1. The van der Waals surface area contributed by atoms with Crippen molar-refractivity contribution < 1.29 is 14.7 Å². The van der Waals surface area contributed by atoms with Gasteiger partial charge in [0, 0.05) is 0 Å². The average molecular weight is 201 g/mol. The summed E-state index contributed by atoms with van der Waals surface area (Å²) in [6, 6.07) is 6.70. The Kier molecular flexibility index (Phi) is 3.84. The van der Waals surface area contributed by atoms with Crippen LogP contribution < -0.4 is 0 Å². The highest BCUT2D eigenvalue weighted by molar-refractivity contribution is 5.70. The van der Waals surface area contributed by atoms with Crippen molar-refractivity contribution in [3.05, 3.63) is 29.8 Å². The summed E-state index contributed by atoms with van der Waals surface area (Å²) in [6.45, 7) is 0. The SMILES string of the molecule is O=C=Nc1ccccc1C#CCC(=O)O. The Labute approximate surface area is 86.3 Å². The van der Waals surface area contributed by atoms with Crippen molar-refractivity contribution in [2.45, 2.75) is 6.42 Å². The van der Waals surface area contributed by atoms with E-state index in [1.54, 1.807) is 24.3 Å². The Bertz CT molecular complexity index is 476. The predicted octanol–water partition coefficient (Wildman–Crippen LogP) is 1.48. The number of hydrogen-bond acceptors (Lipinski definition) is 3. The molecule has 1 aromatic carbocycles. The first-order valence-electron chi connectivity index (χ1n) is 4.11. The minimum Gasteiger partial charge on any atom is -0.481 e. The zero-order valence-corrected chi connectivity index (χ0v) is 7.73. The molecule has 0 radical (unpaired) electrons. The maximum Gasteiger partial charge on any atom is 0.315 e. The van der Waals surface area contributed by atoms with Crippen LogP contribution in [-0.2, 0) is 9.59 Å². The third kappa shape index (κ3) is 3.47. The Morgan fingerprint density at radius 1 is 1.40 bits per heavy atom. The van der Waals surface area contributed by atoms with Crippen molar-refractivity contribution in [1.82, 2.24) is 0 Å². The number of isocyanates is 1. The van der Waals surface area contributed by atoms with Crippen LogP contribution >= 0.6 is 0 Å². The van der Waals surface area contributed by atoms with Gasteiger partial charge < -0.3 is 5.11 Å². The predicted molar refractivity (Wildman–Crippen MR) is 53.4 cm³/mol. The summed E-state index contributed by atoms with van der Waals surface area (Å²) in [6.07, 6.45) is 1.18. The van der Waals surface area contributed by atoms with Gasteiger partial charge in [0.05, 0.1) is 11.3 Å². The van der Waals surface area contributed by atoms with E-state index in [1.807, 2.05) is 0 Å². The topological polar surface area (TPSA) is 66.7 Å². The van der Waals surface area contributed by atoms with Crippen molar-refractivity contribution in [2.24, 2.45) is 4.99 Å². The van der Waals surface area contributed by atoms with Gasteiger partial charge in [-0.3, -0.25) is 4.79 Å². The third-order valence-corrected chi connectivity index (χ3v) is 1.53. The molecule has 0 amide bonds. The summed E-state index contributed by atoms with van der Waals surface area (Å²) in [7, 11) is 0. The normalized spacial score (nSPS) is 8.27. The molecule has 15 heavy (non-hydrogen) atoms.